The van der Waals surface area contributed by atoms with Crippen LogP contribution in [0.5, 0.6) is 5.75 Å². The average Bonchev–Trinajstić information content (AvgIpc) is 3.37. The first-order chi connectivity index (χ1) is 18.1. The van der Waals surface area contributed by atoms with Gasteiger partial charge in [-0.2, -0.15) is 0 Å². The number of benzene rings is 2. The summed E-state index contributed by atoms with van der Waals surface area (Å²) >= 11 is 6.54. The molecule has 2 saturated heterocycles. The van der Waals surface area contributed by atoms with Crippen molar-refractivity contribution in [2.45, 2.75) is 81.6 Å². The Bertz CT molecular complexity index is 1120. The minimum Gasteiger partial charge on any atom is -1.00 e. The molecule has 2 unspecified atom stereocenters. The lowest BCUT2D eigenvalue weighted by Crippen LogP contribution is -3.00. The molecule has 2 N–H and O–H groups in total. The third kappa shape index (κ3) is 4.86. The van der Waals surface area contributed by atoms with E-state index in [2.05, 4.69) is 46.6 Å². The molecule has 4 aliphatic rings. The van der Waals surface area contributed by atoms with E-state index in [9.17, 15) is 4.79 Å². The standard InChI is InChI=1S/C32H41ClN2O2.ClH/c1-37-30-25-13-8-17-32(26(25)14-15-28(30)33)21-34-20-27(32)31(36)35-18-16-24(22-9-4-2-5-10-22)19-29(35)23-11-6-3-7-12-23;/h2,4-5,9-10,14-15,23-24,27,29,34H,3,6-8,11-13,16-21H2,1H3;1H/t24-,27?,29+,32?;/m1./s1. The van der Waals surface area contributed by atoms with Crippen LogP contribution in [-0.4, -0.2) is 43.6 Å². The summed E-state index contributed by atoms with van der Waals surface area (Å²) in [7, 11) is 1.72. The van der Waals surface area contributed by atoms with Gasteiger partial charge in [0.05, 0.1) is 30.6 Å². The maximum Gasteiger partial charge on any atom is 0.232 e. The van der Waals surface area contributed by atoms with Gasteiger partial charge in [0.1, 0.15) is 11.7 Å². The van der Waals surface area contributed by atoms with Crippen LogP contribution in [0.15, 0.2) is 42.5 Å². The van der Waals surface area contributed by atoms with Gasteiger partial charge in [-0.15, -0.1) is 0 Å². The number of carbonyl (C=O) groups is 1. The topological polar surface area (TPSA) is 46.1 Å². The minimum absolute atomic E-state index is 0. The lowest BCUT2D eigenvalue weighted by atomic mass is 9.63. The molecule has 1 saturated carbocycles. The van der Waals surface area contributed by atoms with Gasteiger partial charge in [-0.3, -0.25) is 4.79 Å². The highest BCUT2D eigenvalue weighted by atomic mass is 35.5. The fraction of sp³-hybridized carbons (Fsp3) is 0.594. The number of piperidine rings is 1. The first-order valence-electron chi connectivity index (χ1n) is 14.7. The number of carbonyl (C=O) groups excluding carboxylic acids is 1. The van der Waals surface area contributed by atoms with Crippen LogP contribution >= 0.6 is 11.6 Å². The van der Waals surface area contributed by atoms with Crippen molar-refractivity contribution in [3.63, 3.8) is 0 Å². The van der Waals surface area contributed by atoms with Crippen molar-refractivity contribution >= 4 is 17.5 Å². The molecular formula is C32H42Cl2N2O2. The van der Waals surface area contributed by atoms with Crippen LogP contribution in [0.1, 0.15) is 80.4 Å². The van der Waals surface area contributed by atoms with Gasteiger partial charge in [0.2, 0.25) is 5.91 Å². The molecule has 4 atom stereocenters. The number of nitrogens with two attached hydrogens (primary N) is 1. The van der Waals surface area contributed by atoms with E-state index in [0.29, 0.717) is 28.8 Å². The Balaban J connectivity index is 0.00000294. The van der Waals surface area contributed by atoms with Gasteiger partial charge in [0.25, 0.3) is 0 Å². The molecule has 2 aromatic rings. The summed E-state index contributed by atoms with van der Waals surface area (Å²) < 4.78 is 5.77. The van der Waals surface area contributed by atoms with E-state index in [-0.39, 0.29) is 23.7 Å². The number of likely N-dealkylation sites (tertiary alicyclic amines) is 1. The number of hydrogen-bond donors (Lipinski definition) is 1. The van der Waals surface area contributed by atoms with Crippen LogP contribution in [0.4, 0.5) is 0 Å². The molecule has 0 aromatic heterocycles. The molecule has 3 fully saturated rings. The SMILES string of the molecule is COc1c(Cl)ccc2c1CCCC21C[NH2+]CC1C(=O)N1CC[C@@H](c2ccccc2)C[C@H]1C1CCCCC1.[Cl-]. The molecular weight excluding hydrogens is 515 g/mol. The number of methoxy groups -OCH3 is 1. The zero-order chi connectivity index (χ0) is 25.4. The minimum atomic E-state index is -0.115. The Kier molecular flexibility index (Phi) is 8.62. The van der Waals surface area contributed by atoms with E-state index in [4.69, 9.17) is 16.3 Å². The fourth-order valence-electron chi connectivity index (χ4n) is 8.50. The van der Waals surface area contributed by atoms with E-state index in [1.54, 1.807) is 7.11 Å². The van der Waals surface area contributed by atoms with Crippen LogP contribution in [0.25, 0.3) is 0 Å². The summed E-state index contributed by atoms with van der Waals surface area (Å²) in [6.45, 7) is 2.76. The second kappa shape index (κ2) is 11.8. The molecule has 6 heteroatoms. The van der Waals surface area contributed by atoms with Gasteiger partial charge < -0.3 is 27.4 Å². The molecule has 0 radical (unpaired) electrons. The summed E-state index contributed by atoms with van der Waals surface area (Å²) in [5.41, 5.74) is 3.89. The quantitative estimate of drug-likeness (QED) is 0.628. The Labute approximate surface area is 239 Å². The molecule has 206 valence electrons. The highest BCUT2D eigenvalue weighted by Gasteiger charge is 2.55. The molecule has 6 rings (SSSR count). The molecule has 1 spiro atoms. The summed E-state index contributed by atoms with van der Waals surface area (Å²) in [4.78, 5) is 17.0. The third-order valence-electron chi connectivity index (χ3n) is 10.3. The summed E-state index contributed by atoms with van der Waals surface area (Å²) in [5, 5.41) is 3.08. The molecule has 1 amide bonds. The molecule has 0 bridgehead atoms. The highest BCUT2D eigenvalue weighted by Crippen LogP contribution is 2.49. The van der Waals surface area contributed by atoms with E-state index in [1.165, 1.54) is 48.8 Å². The Morgan fingerprint density at radius 3 is 2.61 bits per heavy atom. The van der Waals surface area contributed by atoms with Crippen molar-refractivity contribution in [3.05, 3.63) is 64.2 Å². The number of quaternary nitrogens is 1. The van der Waals surface area contributed by atoms with E-state index < -0.39 is 0 Å². The smallest absolute Gasteiger partial charge is 0.232 e. The Hall–Kier alpha value is -1.75. The number of nitrogens with zero attached hydrogens (tertiary/aromatic N) is 1. The van der Waals surface area contributed by atoms with E-state index in [0.717, 1.165) is 57.5 Å². The number of halogens is 2. The number of rotatable bonds is 4. The zero-order valence-electron chi connectivity index (χ0n) is 22.6. The van der Waals surface area contributed by atoms with E-state index >= 15 is 0 Å². The molecule has 2 heterocycles. The van der Waals surface area contributed by atoms with Crippen LogP contribution in [-0.2, 0) is 16.6 Å². The number of ether oxygens (including phenoxy) is 1. The van der Waals surface area contributed by atoms with Crippen molar-refractivity contribution in [1.29, 1.82) is 0 Å². The Morgan fingerprint density at radius 2 is 1.84 bits per heavy atom. The number of fused-ring (bicyclic) bond motifs is 2. The second-order valence-corrected chi connectivity index (χ2v) is 12.4. The van der Waals surface area contributed by atoms with Gasteiger partial charge in [-0.05, 0) is 79.5 Å². The van der Waals surface area contributed by atoms with Crippen LogP contribution in [0.3, 0.4) is 0 Å². The van der Waals surface area contributed by atoms with Crippen LogP contribution in [0.2, 0.25) is 5.02 Å². The highest BCUT2D eigenvalue weighted by molar-refractivity contribution is 6.32. The molecule has 38 heavy (non-hydrogen) atoms. The second-order valence-electron chi connectivity index (χ2n) is 12.0. The number of hydrogen-bond acceptors (Lipinski definition) is 2. The zero-order valence-corrected chi connectivity index (χ0v) is 24.2. The largest absolute Gasteiger partial charge is 1.00 e. The van der Waals surface area contributed by atoms with Crippen molar-refractivity contribution < 1.29 is 27.3 Å². The van der Waals surface area contributed by atoms with Gasteiger partial charge in [-0.25, -0.2) is 0 Å². The monoisotopic (exact) mass is 556 g/mol. The van der Waals surface area contributed by atoms with Crippen molar-refractivity contribution in [1.82, 2.24) is 4.90 Å². The van der Waals surface area contributed by atoms with Gasteiger partial charge in [0.15, 0.2) is 0 Å². The maximum atomic E-state index is 14.6. The number of amides is 1. The Morgan fingerprint density at radius 1 is 1.05 bits per heavy atom. The van der Waals surface area contributed by atoms with Gasteiger partial charge >= 0.3 is 0 Å². The third-order valence-corrected chi connectivity index (χ3v) is 10.6. The van der Waals surface area contributed by atoms with Gasteiger partial charge in [-0.1, -0.05) is 67.3 Å². The first-order valence-corrected chi connectivity index (χ1v) is 15.0. The predicted molar refractivity (Wildman–Crippen MR) is 148 cm³/mol. The van der Waals surface area contributed by atoms with Gasteiger partial charge in [0, 0.05) is 12.6 Å². The lowest BCUT2D eigenvalue weighted by Gasteiger charge is -2.47. The normalized spacial score (nSPS) is 29.5. The maximum absolute atomic E-state index is 14.6. The molecule has 2 aromatic carbocycles. The van der Waals surface area contributed by atoms with Crippen LogP contribution in [0, 0.1) is 11.8 Å². The predicted octanol–water partition coefficient (Wildman–Crippen LogP) is 2.48. The summed E-state index contributed by atoms with van der Waals surface area (Å²) in [6.07, 6.45) is 11.9. The van der Waals surface area contributed by atoms with Crippen LogP contribution < -0.4 is 22.5 Å². The van der Waals surface area contributed by atoms with E-state index in [1.807, 2.05) is 6.07 Å². The first kappa shape index (κ1) is 27.8. The lowest BCUT2D eigenvalue weighted by molar-refractivity contribution is -0.640. The molecule has 4 nitrogen and oxygen atoms in total. The van der Waals surface area contributed by atoms with Crippen molar-refractivity contribution in [2.75, 3.05) is 26.7 Å². The molecule has 2 aliphatic carbocycles. The fourth-order valence-corrected chi connectivity index (χ4v) is 8.76. The van der Waals surface area contributed by atoms with Crippen molar-refractivity contribution in [3.8, 4) is 5.75 Å². The average molecular weight is 558 g/mol. The van der Waals surface area contributed by atoms with Crippen molar-refractivity contribution in [2.24, 2.45) is 11.8 Å². The summed E-state index contributed by atoms with van der Waals surface area (Å²) in [5.74, 6) is 2.46. The molecule has 2 aliphatic heterocycles. The summed E-state index contributed by atoms with van der Waals surface area (Å²) in [6, 6.07) is 15.6.